The van der Waals surface area contributed by atoms with Crippen molar-refractivity contribution in [2.75, 3.05) is 12.0 Å². The number of thioether (sulfide) groups is 1. The summed E-state index contributed by atoms with van der Waals surface area (Å²) in [5.41, 5.74) is 2.08. The Morgan fingerprint density at radius 2 is 2.18 bits per heavy atom. The summed E-state index contributed by atoms with van der Waals surface area (Å²) in [7, 11) is 1.85. The number of pyridine rings is 1. The fourth-order valence-electron chi connectivity index (χ4n) is 3.06. The molecule has 0 bridgehead atoms. The summed E-state index contributed by atoms with van der Waals surface area (Å²) in [5, 5.41) is 18.1. The van der Waals surface area contributed by atoms with Crippen LogP contribution in [0.4, 0.5) is 0 Å². The number of aryl methyl sites for hydroxylation is 1. The van der Waals surface area contributed by atoms with Crippen LogP contribution < -0.4 is 5.32 Å². The van der Waals surface area contributed by atoms with Gasteiger partial charge in [-0.1, -0.05) is 12.1 Å². The van der Waals surface area contributed by atoms with Gasteiger partial charge in [0.05, 0.1) is 16.6 Å². The van der Waals surface area contributed by atoms with Gasteiger partial charge in [0.1, 0.15) is 0 Å². The molecule has 0 aliphatic rings. The minimum atomic E-state index is -0.246. The Morgan fingerprint density at radius 3 is 2.96 bits per heavy atom. The highest BCUT2D eigenvalue weighted by Gasteiger charge is 2.23. The fraction of sp³-hybridized carbons (Fsp3) is 0.263. The Hall–Kier alpha value is -2.65. The van der Waals surface area contributed by atoms with E-state index in [2.05, 4.69) is 20.6 Å². The van der Waals surface area contributed by atoms with Crippen molar-refractivity contribution in [3.8, 4) is 10.6 Å². The summed E-state index contributed by atoms with van der Waals surface area (Å²) >= 11 is 3.36. The Kier molecular flexibility index (Phi) is 5.45. The zero-order valence-corrected chi connectivity index (χ0v) is 17.2. The summed E-state index contributed by atoms with van der Waals surface area (Å²) in [6.45, 7) is 0. The number of fused-ring (bicyclic) bond motifs is 1. The Morgan fingerprint density at radius 1 is 1.29 bits per heavy atom. The second-order valence-electron chi connectivity index (χ2n) is 6.31. The summed E-state index contributed by atoms with van der Waals surface area (Å²) in [6, 6.07) is 11.3. The molecule has 9 heteroatoms. The van der Waals surface area contributed by atoms with Crippen molar-refractivity contribution in [1.82, 2.24) is 29.7 Å². The summed E-state index contributed by atoms with van der Waals surface area (Å²) < 4.78 is 3.66. The Labute approximate surface area is 170 Å². The number of nitrogens with zero attached hydrogens (tertiary/aromatic N) is 5. The molecule has 1 amide bonds. The standard InChI is InChI=1S/C19H20N6OS2/c1-24-15(16-6-5-10-28-16)12-14(23-24)19(26)20-13(8-11-27-2)18-22-21-17-7-3-4-9-25(17)18/h3-7,9-10,12-13H,8,11H2,1-2H3,(H,20,26). The van der Waals surface area contributed by atoms with Gasteiger partial charge in [-0.2, -0.15) is 16.9 Å². The van der Waals surface area contributed by atoms with E-state index in [1.807, 2.05) is 65.7 Å². The third kappa shape index (κ3) is 3.67. The molecular weight excluding hydrogens is 392 g/mol. The van der Waals surface area contributed by atoms with Gasteiger partial charge in [0.25, 0.3) is 5.91 Å². The zero-order valence-electron chi connectivity index (χ0n) is 15.6. The van der Waals surface area contributed by atoms with Crippen LogP contribution in [0.3, 0.4) is 0 Å². The first-order chi connectivity index (χ1) is 13.7. The molecule has 1 N–H and O–H groups in total. The Bertz CT molecular complexity index is 1090. The largest absolute Gasteiger partial charge is 0.341 e. The van der Waals surface area contributed by atoms with Crippen molar-refractivity contribution in [3.63, 3.8) is 0 Å². The van der Waals surface area contributed by atoms with E-state index in [1.165, 1.54) is 0 Å². The number of aromatic nitrogens is 5. The van der Waals surface area contributed by atoms with Crippen molar-refractivity contribution < 1.29 is 4.79 Å². The molecule has 28 heavy (non-hydrogen) atoms. The maximum Gasteiger partial charge on any atom is 0.272 e. The van der Waals surface area contributed by atoms with E-state index in [0.717, 1.165) is 34.2 Å². The molecule has 0 radical (unpaired) electrons. The first kappa shape index (κ1) is 18.7. The lowest BCUT2D eigenvalue weighted by Crippen LogP contribution is -2.30. The minimum Gasteiger partial charge on any atom is -0.341 e. The summed E-state index contributed by atoms with van der Waals surface area (Å²) in [6.07, 6.45) is 4.72. The Balaban J connectivity index is 1.60. The lowest BCUT2D eigenvalue weighted by atomic mass is 10.2. The molecule has 4 rings (SSSR count). The van der Waals surface area contributed by atoms with Gasteiger partial charge in [-0.05, 0) is 48.1 Å². The van der Waals surface area contributed by atoms with Crippen LogP contribution in [-0.4, -0.2) is 42.3 Å². The maximum absolute atomic E-state index is 12.9. The molecule has 0 aromatic carbocycles. The van der Waals surface area contributed by atoms with Crippen molar-refractivity contribution in [1.29, 1.82) is 0 Å². The van der Waals surface area contributed by atoms with Crippen molar-refractivity contribution in [3.05, 3.63) is 59.5 Å². The highest BCUT2D eigenvalue weighted by atomic mass is 32.2. The third-order valence-corrected chi connectivity index (χ3v) is 5.99. The molecule has 0 fully saturated rings. The topological polar surface area (TPSA) is 77.1 Å². The molecular formula is C19H20N6OS2. The monoisotopic (exact) mass is 412 g/mol. The first-order valence-electron chi connectivity index (χ1n) is 8.84. The maximum atomic E-state index is 12.9. The van der Waals surface area contributed by atoms with Gasteiger partial charge in [-0.15, -0.1) is 21.5 Å². The van der Waals surface area contributed by atoms with Gasteiger partial charge in [0.2, 0.25) is 0 Å². The first-order valence-corrected chi connectivity index (χ1v) is 11.1. The van der Waals surface area contributed by atoms with Crippen LogP contribution in [0.25, 0.3) is 16.2 Å². The molecule has 0 aliphatic heterocycles. The van der Waals surface area contributed by atoms with Crippen molar-refractivity contribution in [2.24, 2.45) is 7.05 Å². The normalized spacial score (nSPS) is 12.4. The van der Waals surface area contributed by atoms with E-state index < -0.39 is 0 Å². The quantitative estimate of drug-likeness (QED) is 0.503. The van der Waals surface area contributed by atoms with Crippen LogP contribution in [0.2, 0.25) is 0 Å². The number of nitrogens with one attached hydrogen (secondary N) is 1. The number of amides is 1. The van der Waals surface area contributed by atoms with Gasteiger partial charge >= 0.3 is 0 Å². The number of hydrogen-bond acceptors (Lipinski definition) is 6. The third-order valence-electron chi connectivity index (χ3n) is 4.45. The van der Waals surface area contributed by atoms with E-state index >= 15 is 0 Å². The van der Waals surface area contributed by atoms with Gasteiger partial charge in [0, 0.05) is 13.2 Å². The molecule has 1 unspecified atom stereocenters. The van der Waals surface area contributed by atoms with Crippen molar-refractivity contribution >= 4 is 34.7 Å². The number of carbonyl (C=O) groups excluding carboxylic acids is 1. The SMILES string of the molecule is CSCCC(NC(=O)c1cc(-c2cccs2)n(C)n1)c1nnc2ccccn12. The molecule has 0 saturated carbocycles. The molecule has 0 saturated heterocycles. The highest BCUT2D eigenvalue weighted by Crippen LogP contribution is 2.25. The van der Waals surface area contributed by atoms with E-state index in [0.29, 0.717) is 5.69 Å². The molecule has 144 valence electrons. The van der Waals surface area contributed by atoms with Crippen LogP contribution in [-0.2, 0) is 7.05 Å². The van der Waals surface area contributed by atoms with Crippen LogP contribution in [0.15, 0.2) is 48.0 Å². The fourth-order valence-corrected chi connectivity index (χ4v) is 4.31. The van der Waals surface area contributed by atoms with E-state index in [9.17, 15) is 4.79 Å². The number of carbonyl (C=O) groups is 1. The van der Waals surface area contributed by atoms with E-state index in [4.69, 9.17) is 0 Å². The van der Waals surface area contributed by atoms with Crippen LogP contribution in [0.1, 0.15) is 28.8 Å². The van der Waals surface area contributed by atoms with Gasteiger partial charge in [0.15, 0.2) is 17.2 Å². The summed E-state index contributed by atoms with van der Waals surface area (Å²) in [5.74, 6) is 1.42. The second-order valence-corrected chi connectivity index (χ2v) is 8.24. The second kappa shape index (κ2) is 8.15. The molecule has 7 nitrogen and oxygen atoms in total. The van der Waals surface area contributed by atoms with E-state index in [1.54, 1.807) is 27.8 Å². The van der Waals surface area contributed by atoms with Crippen molar-refractivity contribution in [2.45, 2.75) is 12.5 Å². The predicted molar refractivity (Wildman–Crippen MR) is 113 cm³/mol. The van der Waals surface area contributed by atoms with Crippen LogP contribution in [0, 0.1) is 0 Å². The zero-order chi connectivity index (χ0) is 19.5. The molecule has 4 heterocycles. The molecule has 4 aromatic rings. The molecule has 0 aliphatic carbocycles. The molecule has 1 atom stereocenters. The number of thiophene rings is 1. The number of hydrogen-bond donors (Lipinski definition) is 1. The molecule has 0 spiro atoms. The molecule has 4 aromatic heterocycles. The predicted octanol–water partition coefficient (Wildman–Crippen LogP) is 3.42. The number of rotatable bonds is 7. The van der Waals surface area contributed by atoms with Gasteiger partial charge in [-0.3, -0.25) is 13.9 Å². The van der Waals surface area contributed by atoms with Crippen LogP contribution in [0.5, 0.6) is 0 Å². The average molecular weight is 413 g/mol. The van der Waals surface area contributed by atoms with E-state index in [-0.39, 0.29) is 11.9 Å². The van der Waals surface area contributed by atoms with Gasteiger partial charge < -0.3 is 5.32 Å². The minimum absolute atomic E-state index is 0.211. The lowest BCUT2D eigenvalue weighted by molar-refractivity contribution is 0.0928. The smallest absolute Gasteiger partial charge is 0.272 e. The van der Waals surface area contributed by atoms with Gasteiger partial charge in [-0.25, -0.2) is 0 Å². The summed E-state index contributed by atoms with van der Waals surface area (Å²) in [4.78, 5) is 14.0. The highest BCUT2D eigenvalue weighted by molar-refractivity contribution is 7.98. The lowest BCUT2D eigenvalue weighted by Gasteiger charge is -2.16. The van der Waals surface area contributed by atoms with Crippen LogP contribution >= 0.6 is 23.1 Å². The average Bonchev–Trinajstić information content (AvgIpc) is 3.44.